The van der Waals surface area contributed by atoms with Gasteiger partial charge in [0.2, 0.25) is 5.95 Å². The van der Waals surface area contributed by atoms with E-state index in [0.717, 1.165) is 40.6 Å². The van der Waals surface area contributed by atoms with E-state index in [4.69, 9.17) is 11.5 Å². The molecule has 1 aliphatic heterocycles. The van der Waals surface area contributed by atoms with E-state index in [1.807, 2.05) is 18.3 Å². The van der Waals surface area contributed by atoms with Crippen molar-refractivity contribution in [3.8, 4) is 11.3 Å². The number of nitrogens with one attached hydrogen (secondary N) is 1. The predicted octanol–water partition coefficient (Wildman–Crippen LogP) is 1.02. The summed E-state index contributed by atoms with van der Waals surface area (Å²) in [6, 6.07) is 1.85. The summed E-state index contributed by atoms with van der Waals surface area (Å²) in [5.41, 5.74) is 14.3. The van der Waals surface area contributed by atoms with Crippen molar-refractivity contribution < 1.29 is 0 Å². The number of piperidine rings is 1. The number of hydrogen-bond donors (Lipinski definition) is 3. The zero-order chi connectivity index (χ0) is 18.0. The topological polar surface area (TPSA) is 96.8 Å². The number of nitrogens with two attached hydrogens (primary N) is 2. The van der Waals surface area contributed by atoms with Gasteiger partial charge >= 0.3 is 0 Å². The second kappa shape index (κ2) is 7.01. The lowest BCUT2D eigenvalue weighted by Gasteiger charge is -2.37. The largest absolute Gasteiger partial charge is 0.405 e. The zero-order valence-corrected chi connectivity index (χ0v) is 14.9. The van der Waals surface area contributed by atoms with Crippen LogP contribution in [0.2, 0.25) is 0 Å². The number of hydrogen-bond acceptors (Lipinski definition) is 5. The van der Waals surface area contributed by atoms with Crippen LogP contribution in [0.4, 0.5) is 5.95 Å². The number of likely N-dealkylation sites (tertiary alicyclic amines) is 1. The molecule has 1 fully saturated rings. The smallest absolute Gasteiger partial charge is 0.220 e. The first kappa shape index (κ1) is 17.1. The quantitative estimate of drug-likeness (QED) is 0.776. The highest BCUT2D eigenvalue weighted by molar-refractivity contribution is 5.68. The first-order chi connectivity index (χ1) is 12.0. The van der Waals surface area contributed by atoms with Crippen molar-refractivity contribution in [1.82, 2.24) is 19.9 Å². The number of aromatic nitrogens is 3. The Kier molecular flexibility index (Phi) is 4.79. The van der Waals surface area contributed by atoms with Gasteiger partial charge in [-0.05, 0) is 36.6 Å². The third-order valence-electron chi connectivity index (χ3n) is 4.63. The molecule has 6 heteroatoms. The molecule has 1 aliphatic rings. The highest BCUT2D eigenvalue weighted by Gasteiger charge is 2.23. The predicted molar refractivity (Wildman–Crippen MR) is 102 cm³/mol. The van der Waals surface area contributed by atoms with Crippen LogP contribution in [0.15, 0.2) is 30.7 Å². The summed E-state index contributed by atoms with van der Waals surface area (Å²) in [4.78, 5) is 14.0. The van der Waals surface area contributed by atoms with Crippen LogP contribution in [0.3, 0.4) is 0 Å². The lowest BCUT2D eigenvalue weighted by atomic mass is 9.91. The van der Waals surface area contributed by atoms with Gasteiger partial charge in [-0.1, -0.05) is 20.4 Å². The zero-order valence-electron chi connectivity index (χ0n) is 14.9. The van der Waals surface area contributed by atoms with E-state index in [2.05, 4.69) is 40.3 Å². The van der Waals surface area contributed by atoms with Crippen LogP contribution in [0.1, 0.15) is 20.3 Å². The monoisotopic (exact) mass is 338 g/mol. The van der Waals surface area contributed by atoms with Crippen molar-refractivity contribution in [2.24, 2.45) is 17.6 Å². The maximum atomic E-state index is 5.77. The van der Waals surface area contributed by atoms with E-state index >= 15 is 0 Å². The average Bonchev–Trinajstić information content (AvgIpc) is 2.93. The molecule has 0 aromatic carbocycles. The summed E-state index contributed by atoms with van der Waals surface area (Å²) in [6.07, 6.45) is 8.37. The molecule has 0 amide bonds. The van der Waals surface area contributed by atoms with Crippen molar-refractivity contribution in [1.29, 1.82) is 0 Å². The summed E-state index contributed by atoms with van der Waals surface area (Å²) in [7, 11) is 0. The number of nitrogen functional groups attached to an aromatic ring is 1. The van der Waals surface area contributed by atoms with Crippen LogP contribution in [0.25, 0.3) is 23.5 Å². The summed E-state index contributed by atoms with van der Waals surface area (Å²) in [5, 5.41) is 1.85. The lowest BCUT2D eigenvalue weighted by molar-refractivity contribution is 0.203. The Labute approximate surface area is 148 Å². The van der Waals surface area contributed by atoms with E-state index in [1.165, 1.54) is 6.42 Å². The highest BCUT2D eigenvalue weighted by Crippen LogP contribution is 2.25. The molecule has 25 heavy (non-hydrogen) atoms. The summed E-state index contributed by atoms with van der Waals surface area (Å²) in [5.74, 6) is 1.52. The Hall–Kier alpha value is -2.76. The lowest BCUT2D eigenvalue weighted by Crippen LogP contribution is -2.41. The van der Waals surface area contributed by atoms with Crippen LogP contribution in [-0.4, -0.2) is 32.9 Å². The van der Waals surface area contributed by atoms with Crippen molar-refractivity contribution in [3.63, 3.8) is 0 Å². The van der Waals surface area contributed by atoms with Gasteiger partial charge in [-0.25, -0.2) is 9.97 Å². The molecular weight excluding hydrogens is 312 g/mol. The molecule has 2 aromatic heterocycles. The maximum absolute atomic E-state index is 5.77. The Morgan fingerprint density at radius 2 is 2.08 bits per heavy atom. The molecular formula is C19H26N6. The number of aromatic amines is 1. The second-order valence-corrected chi connectivity index (χ2v) is 6.95. The molecule has 3 heterocycles. The second-order valence-electron chi connectivity index (χ2n) is 6.95. The molecule has 2 aromatic rings. The third-order valence-corrected chi connectivity index (χ3v) is 4.63. The fourth-order valence-corrected chi connectivity index (χ4v) is 3.78. The molecule has 6 nitrogen and oxygen atoms in total. The van der Waals surface area contributed by atoms with E-state index < -0.39 is 0 Å². The van der Waals surface area contributed by atoms with Crippen molar-refractivity contribution in [2.45, 2.75) is 20.3 Å². The Morgan fingerprint density at radius 3 is 2.72 bits per heavy atom. The number of nitrogens with zero attached hydrogens (tertiary/aromatic N) is 3. The Morgan fingerprint density at radius 1 is 1.36 bits per heavy atom. The minimum absolute atomic E-state index is 0.256. The van der Waals surface area contributed by atoms with Gasteiger partial charge in [-0.2, -0.15) is 0 Å². The van der Waals surface area contributed by atoms with Crippen molar-refractivity contribution >= 4 is 18.2 Å². The first-order valence-corrected chi connectivity index (χ1v) is 8.62. The molecule has 0 bridgehead atoms. The fourth-order valence-electron chi connectivity index (χ4n) is 3.78. The maximum Gasteiger partial charge on any atom is 0.220 e. The van der Waals surface area contributed by atoms with Crippen LogP contribution in [0, 0.1) is 11.8 Å². The SMILES string of the molecule is C=c1[nH]cc(-c2ccnc(N)n2)/c1=C(/C=C\N)N1CC(C)CC(C)C1. The molecule has 1 saturated heterocycles. The number of rotatable bonds is 3. The molecule has 132 valence electrons. The molecule has 0 spiro atoms. The van der Waals surface area contributed by atoms with Gasteiger partial charge in [0.25, 0.3) is 0 Å². The van der Waals surface area contributed by atoms with Crippen LogP contribution >= 0.6 is 0 Å². The highest BCUT2D eigenvalue weighted by atomic mass is 15.1. The van der Waals surface area contributed by atoms with Gasteiger partial charge in [-0.15, -0.1) is 0 Å². The standard InChI is InChI=1S/C19H26N6/c1-12-8-13(2)11-25(10-12)17(4-6-20)18-14(3)23-9-15(18)16-5-7-22-19(21)24-16/h4-7,9,12-13,23H,3,8,10-11,20H2,1-2H3,(H2,21,22,24)/b6-4-,18-17-. The van der Waals surface area contributed by atoms with E-state index in [9.17, 15) is 0 Å². The normalized spacial score (nSPS) is 22.4. The van der Waals surface area contributed by atoms with Crippen molar-refractivity contribution in [2.75, 3.05) is 18.8 Å². The Balaban J connectivity index is 2.22. The molecule has 2 atom stereocenters. The third kappa shape index (κ3) is 3.52. The van der Waals surface area contributed by atoms with Gasteiger partial charge < -0.3 is 21.4 Å². The Bertz CT molecular complexity index is 872. The molecule has 5 N–H and O–H groups in total. The summed E-state index contributed by atoms with van der Waals surface area (Å²) < 4.78 is 0. The summed E-state index contributed by atoms with van der Waals surface area (Å²) in [6.45, 7) is 10.8. The molecule has 0 radical (unpaired) electrons. The molecule has 2 unspecified atom stereocenters. The van der Waals surface area contributed by atoms with Gasteiger partial charge in [0.05, 0.1) is 5.69 Å². The molecule has 3 rings (SSSR count). The van der Waals surface area contributed by atoms with Gasteiger partial charge in [-0.3, -0.25) is 0 Å². The van der Waals surface area contributed by atoms with E-state index in [-0.39, 0.29) is 5.95 Å². The van der Waals surface area contributed by atoms with Gasteiger partial charge in [0, 0.05) is 47.3 Å². The van der Waals surface area contributed by atoms with Gasteiger partial charge in [0.15, 0.2) is 0 Å². The van der Waals surface area contributed by atoms with Gasteiger partial charge in [0.1, 0.15) is 0 Å². The average molecular weight is 338 g/mol. The first-order valence-electron chi connectivity index (χ1n) is 8.62. The minimum Gasteiger partial charge on any atom is -0.405 e. The minimum atomic E-state index is 0.256. The van der Waals surface area contributed by atoms with Crippen LogP contribution < -0.4 is 22.0 Å². The van der Waals surface area contributed by atoms with E-state index in [0.29, 0.717) is 11.8 Å². The molecule has 0 saturated carbocycles. The van der Waals surface area contributed by atoms with Crippen LogP contribution in [-0.2, 0) is 0 Å². The number of H-pyrrole nitrogens is 1. The number of anilines is 1. The van der Waals surface area contributed by atoms with E-state index in [1.54, 1.807) is 12.4 Å². The summed E-state index contributed by atoms with van der Waals surface area (Å²) >= 11 is 0. The molecule has 0 aliphatic carbocycles. The fraction of sp³-hybridized carbons (Fsp3) is 0.368. The van der Waals surface area contributed by atoms with Crippen LogP contribution in [0.5, 0.6) is 0 Å². The van der Waals surface area contributed by atoms with Crippen molar-refractivity contribution in [3.05, 3.63) is 41.3 Å².